The fourth-order valence-electron chi connectivity index (χ4n) is 2.94. The minimum atomic E-state index is 0.534. The summed E-state index contributed by atoms with van der Waals surface area (Å²) < 4.78 is 7.04. The van der Waals surface area contributed by atoms with Crippen LogP contribution in [0.2, 0.25) is 0 Å². The Morgan fingerprint density at radius 1 is 1.47 bits per heavy atom. The zero-order valence-corrected chi connectivity index (χ0v) is 12.5. The Kier molecular flexibility index (Phi) is 4.82. The van der Waals surface area contributed by atoms with Crippen molar-refractivity contribution in [3.05, 3.63) is 12.4 Å². The van der Waals surface area contributed by atoms with Gasteiger partial charge in [0.25, 0.3) is 0 Å². The van der Waals surface area contributed by atoms with Gasteiger partial charge in [0, 0.05) is 31.9 Å². The molecule has 1 aliphatic heterocycles. The van der Waals surface area contributed by atoms with Crippen LogP contribution in [0.25, 0.3) is 0 Å². The lowest BCUT2D eigenvalue weighted by molar-refractivity contribution is 0.183. The summed E-state index contributed by atoms with van der Waals surface area (Å²) in [5.74, 6) is 0.640. The topological polar surface area (TPSA) is 42.3 Å². The van der Waals surface area contributed by atoms with Crippen molar-refractivity contribution in [2.45, 2.75) is 38.9 Å². The number of hydrogen-bond donors (Lipinski definition) is 1. The van der Waals surface area contributed by atoms with E-state index in [1.807, 2.05) is 10.9 Å². The van der Waals surface area contributed by atoms with Crippen LogP contribution >= 0.6 is 0 Å². The van der Waals surface area contributed by atoms with E-state index in [-0.39, 0.29) is 0 Å². The molecule has 0 aromatic carbocycles. The van der Waals surface area contributed by atoms with Crippen molar-refractivity contribution < 1.29 is 4.74 Å². The van der Waals surface area contributed by atoms with Gasteiger partial charge in [0.2, 0.25) is 0 Å². The standard InChI is InChI=1S/C14H26N4O/c1-11-12(2)18(6-5-14(11)15-3)13-9-16-17(10-13)7-8-19-4/h9-12,14-15H,5-8H2,1-4H3. The Hall–Kier alpha value is -1.07. The van der Waals surface area contributed by atoms with Gasteiger partial charge in [-0.15, -0.1) is 0 Å². The van der Waals surface area contributed by atoms with E-state index in [0.717, 1.165) is 13.1 Å². The van der Waals surface area contributed by atoms with Crippen LogP contribution in [0, 0.1) is 5.92 Å². The van der Waals surface area contributed by atoms with Gasteiger partial charge in [0.1, 0.15) is 0 Å². The van der Waals surface area contributed by atoms with E-state index >= 15 is 0 Å². The molecule has 2 rings (SSSR count). The van der Waals surface area contributed by atoms with Gasteiger partial charge in [0.05, 0.1) is 25.0 Å². The molecular formula is C14H26N4O. The quantitative estimate of drug-likeness (QED) is 0.873. The summed E-state index contributed by atoms with van der Waals surface area (Å²) >= 11 is 0. The molecule has 5 nitrogen and oxygen atoms in total. The van der Waals surface area contributed by atoms with Crippen molar-refractivity contribution in [3.63, 3.8) is 0 Å². The minimum absolute atomic E-state index is 0.534. The number of hydrogen-bond acceptors (Lipinski definition) is 4. The summed E-state index contributed by atoms with van der Waals surface area (Å²) in [6, 6.07) is 1.15. The lowest BCUT2D eigenvalue weighted by atomic mass is 9.87. The number of methoxy groups -OCH3 is 1. The van der Waals surface area contributed by atoms with Gasteiger partial charge >= 0.3 is 0 Å². The van der Waals surface area contributed by atoms with E-state index < -0.39 is 0 Å². The van der Waals surface area contributed by atoms with Crippen LogP contribution in [0.5, 0.6) is 0 Å². The molecule has 19 heavy (non-hydrogen) atoms. The van der Waals surface area contributed by atoms with Crippen LogP contribution in [0.4, 0.5) is 5.69 Å². The van der Waals surface area contributed by atoms with Crippen LogP contribution in [-0.4, -0.2) is 49.2 Å². The van der Waals surface area contributed by atoms with Gasteiger partial charge in [-0.05, 0) is 26.3 Å². The van der Waals surface area contributed by atoms with Crippen LogP contribution in [-0.2, 0) is 11.3 Å². The second-order valence-electron chi connectivity index (χ2n) is 5.43. The van der Waals surface area contributed by atoms with Gasteiger partial charge in [-0.25, -0.2) is 0 Å². The molecule has 0 radical (unpaired) electrons. The number of nitrogens with zero attached hydrogens (tertiary/aromatic N) is 3. The maximum Gasteiger partial charge on any atom is 0.0755 e. The number of ether oxygens (including phenoxy) is 1. The maximum atomic E-state index is 5.08. The van der Waals surface area contributed by atoms with Crippen molar-refractivity contribution in [2.75, 3.05) is 32.2 Å². The Bertz CT molecular complexity index is 393. The van der Waals surface area contributed by atoms with Gasteiger partial charge in [0.15, 0.2) is 0 Å². The molecule has 1 fully saturated rings. The number of aromatic nitrogens is 2. The molecular weight excluding hydrogens is 240 g/mol. The third-order valence-corrected chi connectivity index (χ3v) is 4.41. The molecule has 0 spiro atoms. The van der Waals surface area contributed by atoms with Crippen LogP contribution in [0.1, 0.15) is 20.3 Å². The molecule has 5 heteroatoms. The predicted molar refractivity (Wildman–Crippen MR) is 77.5 cm³/mol. The summed E-state index contributed by atoms with van der Waals surface area (Å²) in [7, 11) is 3.78. The summed E-state index contributed by atoms with van der Waals surface area (Å²) in [6.45, 7) is 7.24. The Morgan fingerprint density at radius 3 is 2.95 bits per heavy atom. The highest BCUT2D eigenvalue weighted by atomic mass is 16.5. The number of nitrogens with one attached hydrogen (secondary N) is 1. The molecule has 1 N–H and O–H groups in total. The summed E-state index contributed by atoms with van der Waals surface area (Å²) in [4.78, 5) is 2.47. The molecule has 3 unspecified atom stereocenters. The van der Waals surface area contributed by atoms with Crippen LogP contribution < -0.4 is 10.2 Å². The highest BCUT2D eigenvalue weighted by Gasteiger charge is 2.32. The highest BCUT2D eigenvalue weighted by molar-refractivity contribution is 5.44. The zero-order valence-electron chi connectivity index (χ0n) is 12.5. The molecule has 1 saturated heterocycles. The van der Waals surface area contributed by atoms with Crippen molar-refractivity contribution in [3.8, 4) is 0 Å². The van der Waals surface area contributed by atoms with Crippen molar-refractivity contribution in [2.24, 2.45) is 5.92 Å². The summed E-state index contributed by atoms with van der Waals surface area (Å²) in [5, 5.41) is 7.83. The van der Waals surface area contributed by atoms with E-state index in [0.29, 0.717) is 24.6 Å². The lowest BCUT2D eigenvalue weighted by Gasteiger charge is -2.43. The number of anilines is 1. The Morgan fingerprint density at radius 2 is 2.26 bits per heavy atom. The first kappa shape index (κ1) is 14.3. The first-order chi connectivity index (χ1) is 9.17. The largest absolute Gasteiger partial charge is 0.383 e. The van der Waals surface area contributed by atoms with E-state index in [4.69, 9.17) is 4.74 Å². The van der Waals surface area contributed by atoms with Crippen molar-refractivity contribution in [1.82, 2.24) is 15.1 Å². The molecule has 2 heterocycles. The summed E-state index contributed by atoms with van der Waals surface area (Å²) in [6.07, 6.45) is 5.28. The van der Waals surface area contributed by atoms with Gasteiger partial charge in [-0.2, -0.15) is 5.10 Å². The molecule has 0 aliphatic carbocycles. The molecule has 0 bridgehead atoms. The average molecular weight is 266 g/mol. The fraction of sp³-hybridized carbons (Fsp3) is 0.786. The van der Waals surface area contributed by atoms with E-state index in [9.17, 15) is 0 Å². The molecule has 1 aromatic rings. The maximum absolute atomic E-state index is 5.08. The minimum Gasteiger partial charge on any atom is -0.383 e. The van der Waals surface area contributed by atoms with E-state index in [2.05, 4.69) is 42.4 Å². The normalized spacial score (nSPS) is 27.8. The Labute approximate surface area is 115 Å². The second-order valence-corrected chi connectivity index (χ2v) is 5.43. The second kappa shape index (κ2) is 6.39. The molecule has 0 amide bonds. The van der Waals surface area contributed by atoms with Crippen molar-refractivity contribution in [1.29, 1.82) is 0 Å². The lowest BCUT2D eigenvalue weighted by Crippen LogP contribution is -2.52. The van der Waals surface area contributed by atoms with Gasteiger partial charge < -0.3 is 15.0 Å². The number of rotatable bonds is 5. The molecule has 0 saturated carbocycles. The smallest absolute Gasteiger partial charge is 0.0755 e. The third-order valence-electron chi connectivity index (χ3n) is 4.41. The Balaban J connectivity index is 2.03. The van der Waals surface area contributed by atoms with E-state index in [1.165, 1.54) is 12.1 Å². The average Bonchev–Trinajstić information content (AvgIpc) is 2.88. The number of piperidine rings is 1. The van der Waals surface area contributed by atoms with Gasteiger partial charge in [-0.3, -0.25) is 4.68 Å². The molecule has 108 valence electrons. The fourth-order valence-corrected chi connectivity index (χ4v) is 2.94. The molecule has 1 aromatic heterocycles. The first-order valence-electron chi connectivity index (χ1n) is 7.12. The highest BCUT2D eigenvalue weighted by Crippen LogP contribution is 2.28. The zero-order chi connectivity index (χ0) is 13.8. The monoisotopic (exact) mass is 266 g/mol. The van der Waals surface area contributed by atoms with Crippen molar-refractivity contribution >= 4 is 5.69 Å². The third kappa shape index (κ3) is 3.09. The first-order valence-corrected chi connectivity index (χ1v) is 7.12. The van der Waals surface area contributed by atoms with E-state index in [1.54, 1.807) is 7.11 Å². The van der Waals surface area contributed by atoms with Crippen LogP contribution in [0.3, 0.4) is 0 Å². The van der Waals surface area contributed by atoms with Crippen LogP contribution in [0.15, 0.2) is 12.4 Å². The molecule has 3 atom stereocenters. The SMILES string of the molecule is CNC1CCN(c2cnn(CCOC)c2)C(C)C1C. The molecule has 1 aliphatic rings. The van der Waals surface area contributed by atoms with Gasteiger partial charge in [-0.1, -0.05) is 6.92 Å². The summed E-state index contributed by atoms with van der Waals surface area (Å²) in [5.41, 5.74) is 1.23. The predicted octanol–water partition coefficient (Wildman–Crippen LogP) is 1.35.